The van der Waals surface area contributed by atoms with E-state index < -0.39 is 0 Å². The SMILES string of the molecule is CCC1CN(C(C)C)CCC1OC. The van der Waals surface area contributed by atoms with Crippen LogP contribution >= 0.6 is 0 Å². The van der Waals surface area contributed by atoms with Crippen LogP contribution in [0.15, 0.2) is 0 Å². The van der Waals surface area contributed by atoms with Crippen LogP contribution in [0, 0.1) is 5.92 Å². The molecule has 0 aliphatic carbocycles. The Hall–Kier alpha value is -0.0800. The summed E-state index contributed by atoms with van der Waals surface area (Å²) in [4.78, 5) is 2.56. The molecule has 0 aromatic carbocycles. The number of methoxy groups -OCH3 is 1. The highest BCUT2D eigenvalue weighted by Crippen LogP contribution is 2.23. The van der Waals surface area contributed by atoms with Crippen molar-refractivity contribution in [3.05, 3.63) is 0 Å². The summed E-state index contributed by atoms with van der Waals surface area (Å²) in [6, 6.07) is 0.687. The van der Waals surface area contributed by atoms with Gasteiger partial charge in [0, 0.05) is 26.2 Å². The van der Waals surface area contributed by atoms with E-state index in [4.69, 9.17) is 4.74 Å². The molecule has 0 radical (unpaired) electrons. The summed E-state index contributed by atoms with van der Waals surface area (Å²) in [5, 5.41) is 0. The van der Waals surface area contributed by atoms with E-state index in [-0.39, 0.29) is 0 Å². The van der Waals surface area contributed by atoms with Gasteiger partial charge >= 0.3 is 0 Å². The second kappa shape index (κ2) is 4.97. The Morgan fingerprint density at radius 3 is 2.62 bits per heavy atom. The summed E-state index contributed by atoms with van der Waals surface area (Å²) in [6.45, 7) is 9.24. The van der Waals surface area contributed by atoms with E-state index in [1.54, 1.807) is 0 Å². The van der Waals surface area contributed by atoms with E-state index in [9.17, 15) is 0 Å². The van der Waals surface area contributed by atoms with Crippen LogP contribution < -0.4 is 0 Å². The number of hydrogen-bond acceptors (Lipinski definition) is 2. The van der Waals surface area contributed by atoms with Gasteiger partial charge in [0.1, 0.15) is 0 Å². The zero-order valence-electron chi connectivity index (χ0n) is 9.42. The van der Waals surface area contributed by atoms with Gasteiger partial charge in [-0.15, -0.1) is 0 Å². The molecule has 2 atom stereocenters. The summed E-state index contributed by atoms with van der Waals surface area (Å²) in [5.41, 5.74) is 0. The third-order valence-electron chi connectivity index (χ3n) is 3.25. The fraction of sp³-hybridized carbons (Fsp3) is 1.00. The minimum Gasteiger partial charge on any atom is -0.381 e. The van der Waals surface area contributed by atoms with Gasteiger partial charge in [-0.2, -0.15) is 0 Å². The molecule has 0 N–H and O–H groups in total. The first-order valence-corrected chi connectivity index (χ1v) is 5.45. The minimum absolute atomic E-state index is 0.500. The van der Waals surface area contributed by atoms with Crippen LogP contribution in [0.4, 0.5) is 0 Å². The predicted molar refractivity (Wildman–Crippen MR) is 55.9 cm³/mol. The molecule has 1 rings (SSSR count). The zero-order chi connectivity index (χ0) is 9.84. The maximum absolute atomic E-state index is 5.50. The van der Waals surface area contributed by atoms with Gasteiger partial charge in [0.05, 0.1) is 6.10 Å². The highest BCUT2D eigenvalue weighted by molar-refractivity contribution is 4.81. The number of hydrogen-bond donors (Lipinski definition) is 0. The van der Waals surface area contributed by atoms with Crippen LogP contribution in [0.25, 0.3) is 0 Å². The molecular formula is C11H23NO. The summed E-state index contributed by atoms with van der Waals surface area (Å²) < 4.78 is 5.50. The number of likely N-dealkylation sites (tertiary alicyclic amines) is 1. The Morgan fingerprint density at radius 1 is 1.46 bits per heavy atom. The lowest BCUT2D eigenvalue weighted by molar-refractivity contribution is -0.0157. The summed E-state index contributed by atoms with van der Waals surface area (Å²) in [7, 11) is 1.85. The van der Waals surface area contributed by atoms with Gasteiger partial charge in [0.2, 0.25) is 0 Å². The maximum Gasteiger partial charge on any atom is 0.0623 e. The van der Waals surface area contributed by atoms with Crippen LogP contribution in [0.5, 0.6) is 0 Å². The van der Waals surface area contributed by atoms with Gasteiger partial charge in [-0.05, 0) is 32.6 Å². The molecular weight excluding hydrogens is 162 g/mol. The van der Waals surface area contributed by atoms with E-state index in [1.807, 2.05) is 7.11 Å². The molecule has 0 bridgehead atoms. The highest BCUT2D eigenvalue weighted by Gasteiger charge is 2.28. The van der Waals surface area contributed by atoms with Crippen molar-refractivity contribution in [2.24, 2.45) is 5.92 Å². The summed E-state index contributed by atoms with van der Waals surface area (Å²) >= 11 is 0. The molecule has 0 spiro atoms. The monoisotopic (exact) mass is 185 g/mol. The minimum atomic E-state index is 0.500. The first kappa shape index (κ1) is 11.0. The highest BCUT2D eigenvalue weighted by atomic mass is 16.5. The van der Waals surface area contributed by atoms with Crippen molar-refractivity contribution < 1.29 is 4.74 Å². The average molecular weight is 185 g/mol. The number of rotatable bonds is 3. The number of nitrogens with zero attached hydrogens (tertiary/aromatic N) is 1. The van der Waals surface area contributed by atoms with E-state index >= 15 is 0 Å². The Kier molecular flexibility index (Phi) is 4.20. The number of ether oxygens (including phenoxy) is 1. The van der Waals surface area contributed by atoms with Crippen molar-refractivity contribution in [1.82, 2.24) is 4.90 Å². The maximum atomic E-state index is 5.50. The van der Waals surface area contributed by atoms with Crippen molar-refractivity contribution in [3.63, 3.8) is 0 Å². The third-order valence-corrected chi connectivity index (χ3v) is 3.25. The first-order valence-electron chi connectivity index (χ1n) is 5.45. The largest absolute Gasteiger partial charge is 0.381 e. The van der Waals surface area contributed by atoms with Crippen LogP contribution in [0.3, 0.4) is 0 Å². The Bertz CT molecular complexity index is 147. The molecule has 13 heavy (non-hydrogen) atoms. The third kappa shape index (κ3) is 2.68. The molecule has 1 heterocycles. The molecule has 0 amide bonds. The van der Waals surface area contributed by atoms with Gasteiger partial charge in [-0.25, -0.2) is 0 Å². The lowest BCUT2D eigenvalue weighted by atomic mass is 9.91. The van der Waals surface area contributed by atoms with Crippen molar-refractivity contribution in [1.29, 1.82) is 0 Å². The fourth-order valence-electron chi connectivity index (χ4n) is 2.21. The van der Waals surface area contributed by atoms with Gasteiger partial charge in [0.25, 0.3) is 0 Å². The molecule has 0 aromatic heterocycles. The van der Waals surface area contributed by atoms with Crippen LogP contribution in [-0.2, 0) is 4.74 Å². The summed E-state index contributed by atoms with van der Waals surface area (Å²) in [6.07, 6.45) is 2.94. The second-order valence-corrected chi connectivity index (χ2v) is 4.32. The van der Waals surface area contributed by atoms with Crippen molar-refractivity contribution in [2.75, 3.05) is 20.2 Å². The molecule has 78 valence electrons. The van der Waals surface area contributed by atoms with Gasteiger partial charge in [0.15, 0.2) is 0 Å². The lowest BCUT2D eigenvalue weighted by Gasteiger charge is -2.39. The Labute approximate surface area is 82.3 Å². The molecule has 1 aliphatic rings. The van der Waals surface area contributed by atoms with E-state index in [0.29, 0.717) is 12.1 Å². The Morgan fingerprint density at radius 2 is 2.15 bits per heavy atom. The van der Waals surface area contributed by atoms with Gasteiger partial charge in [-0.3, -0.25) is 0 Å². The van der Waals surface area contributed by atoms with Crippen molar-refractivity contribution in [3.8, 4) is 0 Å². The number of piperidine rings is 1. The zero-order valence-corrected chi connectivity index (χ0v) is 9.42. The standard InChI is InChI=1S/C11H23NO/c1-5-10-8-12(9(2)3)7-6-11(10)13-4/h9-11H,5-8H2,1-4H3. The molecule has 0 saturated carbocycles. The molecule has 1 fully saturated rings. The summed E-state index contributed by atoms with van der Waals surface area (Å²) in [5.74, 6) is 0.737. The van der Waals surface area contributed by atoms with Crippen LogP contribution in [0.2, 0.25) is 0 Å². The van der Waals surface area contributed by atoms with E-state index in [1.165, 1.54) is 25.9 Å². The van der Waals surface area contributed by atoms with Crippen molar-refractivity contribution >= 4 is 0 Å². The molecule has 1 saturated heterocycles. The quantitative estimate of drug-likeness (QED) is 0.668. The van der Waals surface area contributed by atoms with Gasteiger partial charge in [-0.1, -0.05) is 6.92 Å². The fourth-order valence-corrected chi connectivity index (χ4v) is 2.21. The molecule has 0 aromatic rings. The Balaban J connectivity index is 2.47. The normalized spacial score (nSPS) is 31.2. The first-order chi connectivity index (χ1) is 6.19. The van der Waals surface area contributed by atoms with E-state index in [0.717, 1.165) is 5.92 Å². The molecule has 1 aliphatic heterocycles. The smallest absolute Gasteiger partial charge is 0.0623 e. The van der Waals surface area contributed by atoms with Crippen LogP contribution in [0.1, 0.15) is 33.6 Å². The topological polar surface area (TPSA) is 12.5 Å². The second-order valence-electron chi connectivity index (χ2n) is 4.32. The van der Waals surface area contributed by atoms with Crippen LogP contribution in [-0.4, -0.2) is 37.2 Å². The molecule has 2 heteroatoms. The molecule has 2 nitrogen and oxygen atoms in total. The van der Waals surface area contributed by atoms with Gasteiger partial charge < -0.3 is 9.64 Å². The average Bonchev–Trinajstić information content (AvgIpc) is 2.16. The molecule has 2 unspecified atom stereocenters. The van der Waals surface area contributed by atoms with Crippen molar-refractivity contribution in [2.45, 2.75) is 45.8 Å². The predicted octanol–water partition coefficient (Wildman–Crippen LogP) is 2.14. The van der Waals surface area contributed by atoms with E-state index in [2.05, 4.69) is 25.7 Å². The lowest BCUT2D eigenvalue weighted by Crippen LogP contribution is -2.46.